The summed E-state index contributed by atoms with van der Waals surface area (Å²) in [5.41, 5.74) is 0.932. The van der Waals surface area contributed by atoms with Crippen LogP contribution in [0.5, 0.6) is 11.5 Å². The van der Waals surface area contributed by atoms with E-state index in [1.807, 2.05) is 6.92 Å². The number of hydrogen-bond acceptors (Lipinski definition) is 5. The van der Waals surface area contributed by atoms with Crippen molar-refractivity contribution in [3.05, 3.63) is 28.4 Å². The van der Waals surface area contributed by atoms with Crippen LogP contribution in [0.2, 0.25) is 5.02 Å². The Morgan fingerprint density at radius 3 is 2.60 bits per heavy atom. The van der Waals surface area contributed by atoms with Crippen LogP contribution in [0.3, 0.4) is 0 Å². The van der Waals surface area contributed by atoms with Gasteiger partial charge in [-0.05, 0) is 42.9 Å². The van der Waals surface area contributed by atoms with Crippen LogP contribution in [-0.2, 0) is 9.59 Å². The summed E-state index contributed by atoms with van der Waals surface area (Å²) >= 11 is 11.2. The number of halogens is 1. The summed E-state index contributed by atoms with van der Waals surface area (Å²) in [6.45, 7) is 2.04. The van der Waals surface area contributed by atoms with Gasteiger partial charge in [-0.15, -0.1) is 0 Å². The normalized spacial score (nSPS) is 15.0. The predicted molar refractivity (Wildman–Crippen MR) is 98.7 cm³/mol. The molecule has 0 radical (unpaired) electrons. The van der Waals surface area contributed by atoms with E-state index in [0.717, 1.165) is 0 Å². The lowest BCUT2D eigenvalue weighted by Gasteiger charge is -2.16. The number of nitrogens with zero attached hydrogens (tertiary/aromatic N) is 1. The van der Waals surface area contributed by atoms with Crippen LogP contribution < -0.4 is 20.1 Å². The minimum atomic E-state index is -0.323. The Bertz CT molecular complexity index is 749. The fourth-order valence-electron chi connectivity index (χ4n) is 1.99. The van der Waals surface area contributed by atoms with Crippen molar-refractivity contribution in [2.75, 3.05) is 27.3 Å². The second-order valence-electron chi connectivity index (χ2n) is 5.31. The third-order valence-corrected chi connectivity index (χ3v) is 3.69. The lowest BCUT2D eigenvalue weighted by molar-refractivity contribution is -0.130. The molecule has 134 valence electrons. The van der Waals surface area contributed by atoms with Gasteiger partial charge < -0.3 is 19.7 Å². The first-order valence-electron chi connectivity index (χ1n) is 7.45. The zero-order valence-corrected chi connectivity index (χ0v) is 15.6. The number of nitrogens with one attached hydrogen (secondary N) is 2. The van der Waals surface area contributed by atoms with Crippen molar-refractivity contribution in [2.24, 2.45) is 0 Å². The van der Waals surface area contributed by atoms with Crippen LogP contribution in [0.25, 0.3) is 6.08 Å². The highest BCUT2D eigenvalue weighted by atomic mass is 35.5. The number of hydrogen-bond donors (Lipinski definition) is 2. The number of ether oxygens (including phenoxy) is 2. The second kappa shape index (κ2) is 8.17. The molecule has 1 aliphatic rings. The van der Waals surface area contributed by atoms with Gasteiger partial charge in [-0.3, -0.25) is 14.9 Å². The SMILES string of the molecule is CCOc1cc(/C=C2\NC(=S)NC2=O)cc(Cl)c1OCC(=O)N(C)C. The Balaban J connectivity index is 2.30. The molecular formula is C16H18ClN3O4S. The number of rotatable bonds is 6. The molecule has 1 fully saturated rings. The molecule has 25 heavy (non-hydrogen) atoms. The molecule has 2 N–H and O–H groups in total. The summed E-state index contributed by atoms with van der Waals surface area (Å²) in [6.07, 6.45) is 1.60. The average Bonchev–Trinajstić information content (AvgIpc) is 2.84. The summed E-state index contributed by atoms with van der Waals surface area (Å²) in [5, 5.41) is 5.75. The molecule has 2 rings (SSSR count). The van der Waals surface area contributed by atoms with E-state index in [9.17, 15) is 9.59 Å². The van der Waals surface area contributed by atoms with Crippen molar-refractivity contribution in [1.82, 2.24) is 15.5 Å². The Hall–Kier alpha value is -2.32. The van der Waals surface area contributed by atoms with Gasteiger partial charge in [-0.25, -0.2) is 0 Å². The van der Waals surface area contributed by atoms with E-state index in [-0.39, 0.29) is 34.3 Å². The zero-order chi connectivity index (χ0) is 18.6. The van der Waals surface area contributed by atoms with Crippen molar-refractivity contribution >= 4 is 46.8 Å². The first-order chi connectivity index (χ1) is 11.8. The fraction of sp³-hybridized carbons (Fsp3) is 0.312. The number of carbonyl (C=O) groups excluding carboxylic acids is 2. The molecule has 1 aromatic carbocycles. The van der Waals surface area contributed by atoms with Crippen molar-refractivity contribution in [1.29, 1.82) is 0 Å². The number of amides is 2. The second-order valence-corrected chi connectivity index (χ2v) is 6.12. The van der Waals surface area contributed by atoms with Crippen LogP contribution in [0.1, 0.15) is 12.5 Å². The van der Waals surface area contributed by atoms with E-state index < -0.39 is 0 Å². The van der Waals surface area contributed by atoms with Crippen molar-refractivity contribution in [3.8, 4) is 11.5 Å². The van der Waals surface area contributed by atoms with E-state index in [0.29, 0.717) is 23.6 Å². The smallest absolute Gasteiger partial charge is 0.273 e. The minimum Gasteiger partial charge on any atom is -0.490 e. The molecule has 0 saturated carbocycles. The van der Waals surface area contributed by atoms with Crippen LogP contribution in [0.15, 0.2) is 17.8 Å². The first-order valence-corrected chi connectivity index (χ1v) is 8.23. The zero-order valence-electron chi connectivity index (χ0n) is 14.0. The van der Waals surface area contributed by atoms with Gasteiger partial charge in [-0.2, -0.15) is 0 Å². The molecule has 0 unspecified atom stereocenters. The van der Waals surface area contributed by atoms with E-state index in [2.05, 4.69) is 10.6 Å². The Morgan fingerprint density at radius 1 is 1.32 bits per heavy atom. The molecule has 0 atom stereocenters. The highest BCUT2D eigenvalue weighted by Crippen LogP contribution is 2.37. The van der Waals surface area contributed by atoms with Gasteiger partial charge in [0.1, 0.15) is 5.70 Å². The first kappa shape index (κ1) is 19.0. The molecule has 9 heteroatoms. The third kappa shape index (κ3) is 4.83. The number of thiocarbonyl (C=S) groups is 1. The molecule has 1 aromatic rings. The molecule has 7 nitrogen and oxygen atoms in total. The van der Waals surface area contributed by atoms with Crippen molar-refractivity contribution < 1.29 is 19.1 Å². The van der Waals surface area contributed by atoms with E-state index in [1.54, 1.807) is 32.3 Å². The molecule has 2 amide bonds. The van der Waals surface area contributed by atoms with Gasteiger partial charge in [-0.1, -0.05) is 11.6 Å². The Labute approximate surface area is 155 Å². The maximum atomic E-state index is 11.7. The highest BCUT2D eigenvalue weighted by molar-refractivity contribution is 7.80. The van der Waals surface area contributed by atoms with Crippen molar-refractivity contribution in [2.45, 2.75) is 6.92 Å². The van der Waals surface area contributed by atoms with Gasteiger partial charge in [0.05, 0.1) is 11.6 Å². The van der Waals surface area contributed by atoms with Gasteiger partial charge in [0, 0.05) is 14.1 Å². The molecule has 0 aliphatic carbocycles. The largest absolute Gasteiger partial charge is 0.490 e. The summed E-state index contributed by atoms with van der Waals surface area (Å²) < 4.78 is 11.1. The van der Waals surface area contributed by atoms with Crippen molar-refractivity contribution in [3.63, 3.8) is 0 Å². The molecular weight excluding hydrogens is 366 g/mol. The van der Waals surface area contributed by atoms with E-state index in [4.69, 9.17) is 33.3 Å². The number of likely N-dealkylation sites (N-methyl/N-ethyl adjacent to an activating group) is 1. The lowest BCUT2D eigenvalue weighted by atomic mass is 10.1. The monoisotopic (exact) mass is 383 g/mol. The molecule has 1 aliphatic heterocycles. The summed E-state index contributed by atoms with van der Waals surface area (Å²) in [5.74, 6) is 0.135. The van der Waals surface area contributed by atoms with E-state index in [1.165, 1.54) is 4.90 Å². The minimum absolute atomic E-state index is 0.161. The molecule has 0 aromatic heterocycles. The highest BCUT2D eigenvalue weighted by Gasteiger charge is 2.21. The topological polar surface area (TPSA) is 79.9 Å². The summed E-state index contributed by atoms with van der Waals surface area (Å²) in [7, 11) is 3.27. The quantitative estimate of drug-likeness (QED) is 0.573. The maximum Gasteiger partial charge on any atom is 0.273 e. The summed E-state index contributed by atoms with van der Waals surface area (Å²) in [6, 6.07) is 3.29. The Kier molecular flexibility index (Phi) is 6.22. The Morgan fingerprint density at radius 2 is 2.04 bits per heavy atom. The number of carbonyl (C=O) groups is 2. The maximum absolute atomic E-state index is 11.7. The van der Waals surface area contributed by atoms with Crippen LogP contribution in [-0.4, -0.2) is 49.1 Å². The molecule has 0 bridgehead atoms. The standard InChI is InChI=1S/C16H18ClN3O4S/c1-4-23-12-7-9(6-11-15(22)19-16(25)18-11)5-10(17)14(12)24-8-13(21)20(2)3/h5-7H,4,8H2,1-3H3,(H2,18,19,22,25)/b11-6-. The predicted octanol–water partition coefficient (Wildman–Crippen LogP) is 1.55. The molecule has 1 saturated heterocycles. The lowest BCUT2D eigenvalue weighted by Crippen LogP contribution is -2.27. The fourth-order valence-corrected chi connectivity index (χ4v) is 2.46. The van der Waals surface area contributed by atoms with Crippen LogP contribution in [0, 0.1) is 0 Å². The molecule has 1 heterocycles. The average molecular weight is 384 g/mol. The van der Waals surface area contributed by atoms with Crippen LogP contribution >= 0.6 is 23.8 Å². The van der Waals surface area contributed by atoms with Gasteiger partial charge in [0.15, 0.2) is 23.2 Å². The van der Waals surface area contributed by atoms with Gasteiger partial charge >= 0.3 is 0 Å². The van der Waals surface area contributed by atoms with E-state index >= 15 is 0 Å². The van der Waals surface area contributed by atoms with Gasteiger partial charge in [0.25, 0.3) is 11.8 Å². The van der Waals surface area contributed by atoms with Crippen LogP contribution in [0.4, 0.5) is 0 Å². The van der Waals surface area contributed by atoms with Gasteiger partial charge in [0.2, 0.25) is 0 Å². The molecule has 0 spiro atoms. The number of benzene rings is 1. The third-order valence-electron chi connectivity index (χ3n) is 3.20. The summed E-state index contributed by atoms with van der Waals surface area (Å²) in [4.78, 5) is 24.9.